The van der Waals surface area contributed by atoms with Crippen molar-refractivity contribution in [1.82, 2.24) is 15.0 Å². The lowest BCUT2D eigenvalue weighted by Gasteiger charge is -2.12. The molecule has 1 amide bonds. The number of rotatable bonds is 6. The molecule has 1 N–H and O–H groups in total. The van der Waals surface area contributed by atoms with Crippen LogP contribution >= 0.6 is 11.3 Å². The highest BCUT2D eigenvalue weighted by atomic mass is 32.1. The second-order valence-electron chi connectivity index (χ2n) is 9.57. The van der Waals surface area contributed by atoms with Crippen LogP contribution in [0.25, 0.3) is 49.3 Å². The summed E-state index contributed by atoms with van der Waals surface area (Å²) in [6.07, 6.45) is 1.76. The van der Waals surface area contributed by atoms with Gasteiger partial charge in [0, 0.05) is 22.0 Å². The molecule has 0 radical (unpaired) electrons. The van der Waals surface area contributed by atoms with E-state index in [0.29, 0.717) is 5.56 Å². The molecule has 0 aliphatic rings. The van der Waals surface area contributed by atoms with E-state index in [1.807, 2.05) is 96.4 Å². The van der Waals surface area contributed by atoms with Crippen molar-refractivity contribution in [2.24, 2.45) is 5.10 Å². The number of hydrogen-bond acceptors (Lipinski definition) is 4. The number of fused-ring (bicyclic) bond motifs is 2. The van der Waals surface area contributed by atoms with Crippen LogP contribution < -0.4 is 5.43 Å². The first-order valence-electron chi connectivity index (χ1n) is 13.3. The standard InChI is InChI=1S/C35H24N4OS/c40-35(28-22-31(33-20-11-21-41-33)37-30-18-9-7-16-26(28)30)38-36-23-29-27-17-8-10-19-32(27)39(25-14-5-2-6-15-25)34(29)24-12-3-1-4-13-24/h1-23H,(H,38,40)/b36-23-. The van der Waals surface area contributed by atoms with E-state index in [2.05, 4.69) is 51.5 Å². The number of thiophene rings is 1. The Balaban J connectivity index is 1.32. The molecule has 3 aromatic heterocycles. The molecule has 0 fully saturated rings. The number of carbonyl (C=O) groups excluding carboxylic acids is 1. The van der Waals surface area contributed by atoms with Crippen LogP contribution in [0, 0.1) is 0 Å². The third kappa shape index (κ3) is 4.60. The summed E-state index contributed by atoms with van der Waals surface area (Å²) in [6, 6.07) is 42.4. The first kappa shape index (κ1) is 24.7. The minimum Gasteiger partial charge on any atom is -0.309 e. The van der Waals surface area contributed by atoms with Crippen LogP contribution in [-0.2, 0) is 0 Å². The summed E-state index contributed by atoms with van der Waals surface area (Å²) in [5.74, 6) is -0.286. The third-order valence-corrected chi connectivity index (χ3v) is 7.96. The Bertz CT molecular complexity index is 2030. The smallest absolute Gasteiger partial charge is 0.272 e. The predicted molar refractivity (Wildman–Crippen MR) is 169 cm³/mol. The molecule has 3 heterocycles. The van der Waals surface area contributed by atoms with E-state index in [1.165, 1.54) is 0 Å². The second-order valence-corrected chi connectivity index (χ2v) is 10.5. The van der Waals surface area contributed by atoms with Crippen molar-refractivity contribution >= 4 is 45.3 Å². The van der Waals surface area contributed by atoms with E-state index in [1.54, 1.807) is 17.6 Å². The molecular formula is C35H24N4OS. The highest BCUT2D eigenvalue weighted by Crippen LogP contribution is 2.35. The predicted octanol–water partition coefficient (Wildman–Crippen LogP) is 8.34. The fourth-order valence-electron chi connectivity index (χ4n) is 5.25. The number of hydrogen-bond donors (Lipinski definition) is 1. The van der Waals surface area contributed by atoms with Crippen LogP contribution in [0.2, 0.25) is 0 Å². The Morgan fingerprint density at radius 1 is 0.780 bits per heavy atom. The van der Waals surface area contributed by atoms with Gasteiger partial charge in [-0.05, 0) is 47.3 Å². The number of nitrogens with one attached hydrogen (secondary N) is 1. The molecule has 4 aromatic carbocycles. The first-order valence-corrected chi connectivity index (χ1v) is 14.2. The van der Waals surface area contributed by atoms with Gasteiger partial charge >= 0.3 is 0 Å². The average molecular weight is 549 g/mol. The van der Waals surface area contributed by atoms with Gasteiger partial charge in [-0.25, -0.2) is 10.4 Å². The van der Waals surface area contributed by atoms with E-state index < -0.39 is 0 Å². The summed E-state index contributed by atoms with van der Waals surface area (Å²) in [6.45, 7) is 0. The summed E-state index contributed by atoms with van der Waals surface area (Å²) in [5, 5.41) is 8.34. The van der Waals surface area contributed by atoms with Gasteiger partial charge in [-0.1, -0.05) is 91.0 Å². The van der Waals surface area contributed by atoms with E-state index >= 15 is 0 Å². The van der Waals surface area contributed by atoms with Gasteiger partial charge in [0.05, 0.1) is 39.1 Å². The van der Waals surface area contributed by atoms with Gasteiger partial charge in [0.2, 0.25) is 0 Å². The normalized spacial score (nSPS) is 11.4. The molecule has 0 saturated heterocycles. The first-order chi connectivity index (χ1) is 20.3. The molecule has 196 valence electrons. The Morgan fingerprint density at radius 2 is 1.49 bits per heavy atom. The lowest BCUT2D eigenvalue weighted by atomic mass is 10.1. The highest BCUT2D eigenvalue weighted by Gasteiger charge is 2.19. The van der Waals surface area contributed by atoms with Crippen LogP contribution in [0.15, 0.2) is 138 Å². The highest BCUT2D eigenvalue weighted by molar-refractivity contribution is 7.13. The van der Waals surface area contributed by atoms with Crippen molar-refractivity contribution in [3.63, 3.8) is 0 Å². The fraction of sp³-hybridized carbons (Fsp3) is 0. The molecule has 5 nitrogen and oxygen atoms in total. The number of nitrogens with zero attached hydrogens (tertiary/aromatic N) is 3. The van der Waals surface area contributed by atoms with Crippen molar-refractivity contribution < 1.29 is 4.79 Å². The van der Waals surface area contributed by atoms with Crippen LogP contribution in [-0.4, -0.2) is 21.7 Å². The van der Waals surface area contributed by atoms with Crippen molar-refractivity contribution in [2.45, 2.75) is 0 Å². The third-order valence-electron chi connectivity index (χ3n) is 7.07. The minimum absolute atomic E-state index is 0.286. The van der Waals surface area contributed by atoms with Crippen LogP contribution in [0.4, 0.5) is 0 Å². The Labute approximate surface area is 241 Å². The molecule has 7 rings (SSSR count). The molecule has 6 heteroatoms. The quantitative estimate of drug-likeness (QED) is 0.168. The fourth-order valence-corrected chi connectivity index (χ4v) is 5.94. The van der Waals surface area contributed by atoms with Crippen molar-refractivity contribution in [3.05, 3.63) is 144 Å². The summed E-state index contributed by atoms with van der Waals surface area (Å²) >= 11 is 1.60. The van der Waals surface area contributed by atoms with E-state index in [4.69, 9.17) is 4.98 Å². The maximum atomic E-state index is 13.6. The van der Waals surface area contributed by atoms with E-state index in [9.17, 15) is 4.79 Å². The van der Waals surface area contributed by atoms with Crippen LogP contribution in [0.5, 0.6) is 0 Å². The lowest BCUT2D eigenvalue weighted by Crippen LogP contribution is -2.18. The number of carbonyl (C=O) groups is 1. The number of aromatic nitrogens is 2. The molecule has 7 aromatic rings. The number of amides is 1. The van der Waals surface area contributed by atoms with E-state index in [-0.39, 0.29) is 5.91 Å². The topological polar surface area (TPSA) is 59.3 Å². The van der Waals surface area contributed by atoms with Gasteiger partial charge in [-0.15, -0.1) is 11.3 Å². The lowest BCUT2D eigenvalue weighted by molar-refractivity contribution is 0.0956. The van der Waals surface area contributed by atoms with Gasteiger partial charge in [-0.3, -0.25) is 4.79 Å². The van der Waals surface area contributed by atoms with Crippen molar-refractivity contribution in [2.75, 3.05) is 0 Å². The Morgan fingerprint density at radius 3 is 2.27 bits per heavy atom. The van der Waals surface area contributed by atoms with Crippen LogP contribution in [0.1, 0.15) is 15.9 Å². The summed E-state index contributed by atoms with van der Waals surface area (Å²) in [4.78, 5) is 19.4. The monoisotopic (exact) mass is 548 g/mol. The molecule has 0 atom stereocenters. The van der Waals surface area contributed by atoms with Gasteiger partial charge < -0.3 is 4.57 Å². The molecular weight excluding hydrogens is 524 g/mol. The number of benzene rings is 4. The van der Waals surface area contributed by atoms with Gasteiger partial charge in [0.1, 0.15) is 0 Å². The average Bonchev–Trinajstić information content (AvgIpc) is 3.69. The minimum atomic E-state index is -0.286. The van der Waals surface area contributed by atoms with Gasteiger partial charge in [0.15, 0.2) is 0 Å². The SMILES string of the molecule is O=C(N/N=C\c1c(-c2ccccc2)n(-c2ccccc2)c2ccccc12)c1cc(-c2cccs2)nc2ccccc12. The zero-order valence-corrected chi connectivity index (χ0v) is 22.8. The van der Waals surface area contributed by atoms with Gasteiger partial charge in [0.25, 0.3) is 5.91 Å². The summed E-state index contributed by atoms with van der Waals surface area (Å²) < 4.78 is 2.25. The summed E-state index contributed by atoms with van der Waals surface area (Å²) in [5.41, 5.74) is 9.97. The molecule has 0 aliphatic carbocycles. The number of hydrazone groups is 1. The van der Waals surface area contributed by atoms with Crippen molar-refractivity contribution in [1.29, 1.82) is 0 Å². The van der Waals surface area contributed by atoms with E-state index in [0.717, 1.165) is 54.9 Å². The molecule has 0 bridgehead atoms. The maximum absolute atomic E-state index is 13.6. The molecule has 0 spiro atoms. The number of para-hydroxylation sites is 3. The zero-order valence-electron chi connectivity index (χ0n) is 21.9. The molecule has 0 unspecified atom stereocenters. The summed E-state index contributed by atoms with van der Waals surface area (Å²) in [7, 11) is 0. The molecule has 41 heavy (non-hydrogen) atoms. The van der Waals surface area contributed by atoms with Crippen molar-refractivity contribution in [3.8, 4) is 27.5 Å². The van der Waals surface area contributed by atoms with Gasteiger partial charge in [-0.2, -0.15) is 5.10 Å². The number of pyridine rings is 1. The Kier molecular flexibility index (Phi) is 6.43. The van der Waals surface area contributed by atoms with Crippen LogP contribution in [0.3, 0.4) is 0 Å². The molecule has 0 saturated carbocycles. The largest absolute Gasteiger partial charge is 0.309 e. The zero-order chi connectivity index (χ0) is 27.6. The second kappa shape index (κ2) is 10.7. The Hall–Kier alpha value is -5.33. The molecule has 0 aliphatic heterocycles. The maximum Gasteiger partial charge on any atom is 0.272 e.